The van der Waals surface area contributed by atoms with E-state index >= 15 is 0 Å². The van der Waals surface area contributed by atoms with Crippen molar-refractivity contribution in [3.8, 4) is 5.75 Å². The van der Waals surface area contributed by atoms with Crippen molar-refractivity contribution in [1.82, 2.24) is 0 Å². The minimum atomic E-state index is -0.390. The Kier molecular flexibility index (Phi) is 5.36. The smallest absolute Gasteiger partial charge is 0.276 e. The molecule has 6 heteroatoms. The average Bonchev–Trinajstić information content (AvgIpc) is 2.45. The van der Waals surface area contributed by atoms with Crippen molar-refractivity contribution >= 4 is 37.5 Å². The highest BCUT2D eigenvalue weighted by Crippen LogP contribution is 2.31. The van der Waals surface area contributed by atoms with Crippen LogP contribution < -0.4 is 4.74 Å². The van der Waals surface area contributed by atoms with Gasteiger partial charge < -0.3 is 4.74 Å². The van der Waals surface area contributed by atoms with Gasteiger partial charge in [-0.1, -0.05) is 44.0 Å². The number of halogens is 2. The maximum Gasteiger partial charge on any atom is 0.276 e. The monoisotopic (exact) mass is 413 g/mol. The van der Waals surface area contributed by atoms with Crippen molar-refractivity contribution in [3.05, 3.63) is 67.7 Å². The van der Waals surface area contributed by atoms with Crippen molar-refractivity contribution in [2.75, 3.05) is 0 Å². The maximum absolute atomic E-state index is 11.0. The van der Waals surface area contributed by atoms with Crippen LogP contribution in [0.25, 0.3) is 0 Å². The number of nitro groups is 1. The summed E-state index contributed by atoms with van der Waals surface area (Å²) in [5, 5.41) is 11.7. The second-order valence-electron chi connectivity index (χ2n) is 4.52. The van der Waals surface area contributed by atoms with Crippen LogP contribution in [0.4, 0.5) is 5.69 Å². The number of hydrogen-bond donors (Lipinski definition) is 0. The molecule has 0 spiro atoms. The van der Waals surface area contributed by atoms with Gasteiger partial charge in [-0.15, -0.1) is 0 Å². The van der Waals surface area contributed by atoms with Gasteiger partial charge in [0, 0.05) is 21.4 Å². The summed E-state index contributed by atoms with van der Waals surface area (Å²) >= 11 is 6.88. The molecule has 0 aliphatic rings. The van der Waals surface area contributed by atoms with Crippen molar-refractivity contribution in [1.29, 1.82) is 0 Å². The molecule has 2 rings (SSSR count). The van der Waals surface area contributed by atoms with Gasteiger partial charge in [-0.25, -0.2) is 0 Å². The highest BCUT2D eigenvalue weighted by atomic mass is 79.9. The average molecular weight is 415 g/mol. The number of hydrogen-bond acceptors (Lipinski definition) is 3. The fourth-order valence-electron chi connectivity index (χ4n) is 2.07. The molecule has 0 saturated heterocycles. The van der Waals surface area contributed by atoms with E-state index in [0.29, 0.717) is 10.9 Å². The third kappa shape index (κ3) is 3.83. The molecule has 0 unspecified atom stereocenters. The zero-order chi connectivity index (χ0) is 15.4. The standard InChI is InChI=1S/C15H13Br2NO3/c1-10-6-13(17)7-12(8-16)15(10)21-9-11-4-2-3-5-14(11)18(19)20/h2-7H,8-9H2,1H3. The Balaban J connectivity index is 2.27. The summed E-state index contributed by atoms with van der Waals surface area (Å²) in [6.45, 7) is 2.12. The zero-order valence-corrected chi connectivity index (χ0v) is 14.5. The van der Waals surface area contributed by atoms with Crippen LogP contribution in [-0.2, 0) is 11.9 Å². The topological polar surface area (TPSA) is 52.4 Å². The fraction of sp³-hybridized carbons (Fsp3) is 0.200. The Bertz CT molecular complexity index is 674. The molecule has 0 saturated carbocycles. The summed E-state index contributed by atoms with van der Waals surface area (Å²) in [7, 11) is 0. The molecule has 2 aromatic carbocycles. The van der Waals surface area contributed by atoms with Gasteiger partial charge in [0.15, 0.2) is 0 Å². The van der Waals surface area contributed by atoms with Crippen molar-refractivity contribution in [2.24, 2.45) is 0 Å². The lowest BCUT2D eigenvalue weighted by Crippen LogP contribution is -2.03. The number of rotatable bonds is 5. The van der Waals surface area contributed by atoms with Crippen LogP contribution in [0.15, 0.2) is 40.9 Å². The minimum Gasteiger partial charge on any atom is -0.488 e. The molecule has 0 bridgehead atoms. The first-order valence-electron chi connectivity index (χ1n) is 6.23. The Hall–Kier alpha value is -1.40. The second kappa shape index (κ2) is 7.04. The van der Waals surface area contributed by atoms with Gasteiger partial charge in [0.05, 0.1) is 10.5 Å². The van der Waals surface area contributed by atoms with Crippen LogP contribution in [0.5, 0.6) is 5.75 Å². The molecular weight excluding hydrogens is 402 g/mol. The van der Waals surface area contributed by atoms with Crippen molar-refractivity contribution in [3.63, 3.8) is 0 Å². The van der Waals surface area contributed by atoms with E-state index in [1.165, 1.54) is 6.07 Å². The van der Waals surface area contributed by atoms with E-state index < -0.39 is 4.92 Å². The number of nitro benzene ring substituents is 1. The first-order chi connectivity index (χ1) is 10.0. The number of alkyl halides is 1. The van der Waals surface area contributed by atoms with Gasteiger partial charge in [-0.2, -0.15) is 0 Å². The van der Waals surface area contributed by atoms with E-state index in [1.807, 2.05) is 19.1 Å². The predicted molar refractivity (Wildman–Crippen MR) is 88.9 cm³/mol. The fourth-order valence-corrected chi connectivity index (χ4v) is 3.10. The first-order valence-corrected chi connectivity index (χ1v) is 8.14. The Morgan fingerprint density at radius 3 is 2.62 bits per heavy atom. The third-order valence-electron chi connectivity index (χ3n) is 3.02. The summed E-state index contributed by atoms with van der Waals surface area (Å²) in [5.41, 5.74) is 2.62. The number of aryl methyl sites for hydroxylation is 1. The van der Waals surface area contributed by atoms with E-state index in [4.69, 9.17) is 4.74 Å². The Morgan fingerprint density at radius 1 is 1.24 bits per heavy atom. The largest absolute Gasteiger partial charge is 0.488 e. The van der Waals surface area contributed by atoms with E-state index in [0.717, 1.165) is 21.3 Å². The molecule has 0 aromatic heterocycles. The molecular formula is C15H13Br2NO3. The van der Waals surface area contributed by atoms with Gasteiger partial charge in [0.2, 0.25) is 0 Å². The summed E-state index contributed by atoms with van der Waals surface area (Å²) in [6.07, 6.45) is 0. The molecule has 4 nitrogen and oxygen atoms in total. The molecule has 0 aliphatic heterocycles. The SMILES string of the molecule is Cc1cc(Br)cc(CBr)c1OCc1ccccc1[N+](=O)[O-]. The summed E-state index contributed by atoms with van der Waals surface area (Å²) < 4.78 is 6.81. The highest BCUT2D eigenvalue weighted by Gasteiger charge is 2.14. The van der Waals surface area contributed by atoms with Crippen LogP contribution in [0.3, 0.4) is 0 Å². The quantitative estimate of drug-likeness (QED) is 0.386. The molecule has 0 heterocycles. The zero-order valence-electron chi connectivity index (χ0n) is 11.3. The number of para-hydroxylation sites is 1. The molecule has 0 fully saturated rings. The number of benzene rings is 2. The van der Waals surface area contributed by atoms with E-state index in [2.05, 4.69) is 31.9 Å². The van der Waals surface area contributed by atoms with Gasteiger partial charge in [0.25, 0.3) is 5.69 Å². The highest BCUT2D eigenvalue weighted by molar-refractivity contribution is 9.10. The first kappa shape index (κ1) is 16.0. The molecule has 110 valence electrons. The molecule has 0 atom stereocenters. The molecule has 0 aliphatic carbocycles. The maximum atomic E-state index is 11.0. The minimum absolute atomic E-state index is 0.0765. The number of ether oxygens (including phenoxy) is 1. The molecule has 0 amide bonds. The summed E-state index contributed by atoms with van der Waals surface area (Å²) in [4.78, 5) is 10.6. The van der Waals surface area contributed by atoms with E-state index in [-0.39, 0.29) is 12.3 Å². The summed E-state index contributed by atoms with van der Waals surface area (Å²) in [6, 6.07) is 10.5. The van der Waals surface area contributed by atoms with E-state index in [9.17, 15) is 10.1 Å². The van der Waals surface area contributed by atoms with Crippen LogP contribution in [-0.4, -0.2) is 4.92 Å². The number of nitrogens with zero attached hydrogens (tertiary/aromatic N) is 1. The van der Waals surface area contributed by atoms with Gasteiger partial charge in [0.1, 0.15) is 12.4 Å². The predicted octanol–water partition coefficient (Wildman–Crippen LogP) is 5.14. The molecule has 0 radical (unpaired) electrons. The summed E-state index contributed by atoms with van der Waals surface area (Å²) in [5.74, 6) is 0.758. The Labute approximate surface area is 139 Å². The Morgan fingerprint density at radius 2 is 1.95 bits per heavy atom. The van der Waals surface area contributed by atoms with Crippen LogP contribution >= 0.6 is 31.9 Å². The van der Waals surface area contributed by atoms with Crippen LogP contribution in [0, 0.1) is 17.0 Å². The van der Waals surface area contributed by atoms with Crippen molar-refractivity contribution < 1.29 is 9.66 Å². The lowest BCUT2D eigenvalue weighted by Gasteiger charge is -2.14. The van der Waals surface area contributed by atoms with Crippen LogP contribution in [0.2, 0.25) is 0 Å². The van der Waals surface area contributed by atoms with Crippen molar-refractivity contribution in [2.45, 2.75) is 18.9 Å². The van der Waals surface area contributed by atoms with Gasteiger partial charge in [-0.3, -0.25) is 10.1 Å². The normalized spacial score (nSPS) is 10.4. The lowest BCUT2D eigenvalue weighted by atomic mass is 10.1. The van der Waals surface area contributed by atoms with Gasteiger partial charge in [-0.05, 0) is 30.7 Å². The van der Waals surface area contributed by atoms with Crippen LogP contribution in [0.1, 0.15) is 16.7 Å². The molecule has 2 aromatic rings. The van der Waals surface area contributed by atoms with E-state index in [1.54, 1.807) is 18.2 Å². The second-order valence-corrected chi connectivity index (χ2v) is 6.00. The molecule has 0 N–H and O–H groups in total. The lowest BCUT2D eigenvalue weighted by molar-refractivity contribution is -0.385. The van der Waals surface area contributed by atoms with Gasteiger partial charge >= 0.3 is 0 Å². The molecule has 21 heavy (non-hydrogen) atoms. The third-order valence-corrected chi connectivity index (χ3v) is 4.08.